The minimum absolute atomic E-state index is 0.0148. The van der Waals surface area contributed by atoms with Gasteiger partial charge in [-0.1, -0.05) is 44.2 Å². The summed E-state index contributed by atoms with van der Waals surface area (Å²) < 4.78 is 27.9. The van der Waals surface area contributed by atoms with Crippen LogP contribution in [0.4, 0.5) is 11.5 Å². The molecular weight excluding hydrogens is 466 g/mol. The van der Waals surface area contributed by atoms with E-state index in [1.165, 1.54) is 30.3 Å². The lowest BCUT2D eigenvalue weighted by molar-refractivity contribution is -0.127. The van der Waals surface area contributed by atoms with Gasteiger partial charge in [-0.15, -0.1) is 0 Å². The normalized spacial score (nSPS) is 12.1. The van der Waals surface area contributed by atoms with E-state index in [0.717, 1.165) is 5.56 Å². The second-order valence-electron chi connectivity index (χ2n) is 8.51. The Morgan fingerprint density at radius 2 is 1.60 bits per heavy atom. The molecule has 0 saturated carbocycles. The van der Waals surface area contributed by atoms with Crippen LogP contribution >= 0.6 is 0 Å². The fourth-order valence-corrected chi connectivity index (χ4v) is 4.44. The van der Waals surface area contributed by atoms with Crippen molar-refractivity contribution in [2.24, 2.45) is 5.92 Å². The van der Waals surface area contributed by atoms with E-state index in [1.807, 2.05) is 44.2 Å². The van der Waals surface area contributed by atoms with E-state index < -0.39 is 16.1 Å². The number of nitrogens with zero attached hydrogens (tertiary/aromatic N) is 2. The van der Waals surface area contributed by atoms with E-state index in [2.05, 4.69) is 25.3 Å². The summed E-state index contributed by atoms with van der Waals surface area (Å²) in [4.78, 5) is 33.6. The first kappa shape index (κ1) is 25.8. The SMILES string of the molecule is Cc1cc(NS(=O)(=O)c2ccc(NC(=O)C(NC(=O)Cc3ccccc3)C(C)C)cc2)nc(C)n1. The first-order valence-corrected chi connectivity index (χ1v) is 12.6. The lowest BCUT2D eigenvalue weighted by atomic mass is 10.0. The number of rotatable bonds is 9. The van der Waals surface area contributed by atoms with Crippen molar-refractivity contribution in [2.45, 2.75) is 45.1 Å². The van der Waals surface area contributed by atoms with Crippen molar-refractivity contribution in [1.29, 1.82) is 0 Å². The maximum Gasteiger partial charge on any atom is 0.263 e. The average molecular weight is 496 g/mol. The molecule has 0 saturated heterocycles. The highest BCUT2D eigenvalue weighted by atomic mass is 32.2. The van der Waals surface area contributed by atoms with Crippen LogP contribution in [0.5, 0.6) is 0 Å². The Morgan fingerprint density at radius 1 is 0.943 bits per heavy atom. The van der Waals surface area contributed by atoms with Gasteiger partial charge in [0.1, 0.15) is 17.7 Å². The van der Waals surface area contributed by atoms with Crippen LogP contribution in [0.2, 0.25) is 0 Å². The molecule has 0 aliphatic heterocycles. The smallest absolute Gasteiger partial charge is 0.263 e. The molecule has 0 aliphatic carbocycles. The molecule has 0 bridgehead atoms. The number of benzene rings is 2. The van der Waals surface area contributed by atoms with Gasteiger partial charge in [-0.3, -0.25) is 14.3 Å². The first-order chi connectivity index (χ1) is 16.5. The monoisotopic (exact) mass is 495 g/mol. The number of amides is 2. The molecule has 3 rings (SSSR count). The number of aryl methyl sites for hydroxylation is 2. The molecule has 0 fully saturated rings. The number of hydrogen-bond donors (Lipinski definition) is 3. The van der Waals surface area contributed by atoms with Crippen molar-refractivity contribution in [3.05, 3.63) is 77.7 Å². The van der Waals surface area contributed by atoms with E-state index in [1.54, 1.807) is 13.8 Å². The Morgan fingerprint density at radius 3 is 2.20 bits per heavy atom. The zero-order valence-corrected chi connectivity index (χ0v) is 20.9. The Hall–Kier alpha value is -3.79. The molecule has 3 N–H and O–H groups in total. The summed E-state index contributed by atoms with van der Waals surface area (Å²) in [7, 11) is -3.88. The average Bonchev–Trinajstić information content (AvgIpc) is 2.77. The fraction of sp³-hybridized carbons (Fsp3) is 0.280. The van der Waals surface area contributed by atoms with Crippen LogP contribution in [-0.4, -0.2) is 36.2 Å². The Bertz CT molecular complexity index is 1270. The number of sulfonamides is 1. The molecule has 0 radical (unpaired) electrons. The van der Waals surface area contributed by atoms with Crippen molar-refractivity contribution >= 4 is 33.3 Å². The molecule has 1 heterocycles. The van der Waals surface area contributed by atoms with E-state index in [4.69, 9.17) is 0 Å². The van der Waals surface area contributed by atoms with Crippen molar-refractivity contribution in [2.75, 3.05) is 10.0 Å². The highest BCUT2D eigenvalue weighted by Gasteiger charge is 2.24. The number of aromatic nitrogens is 2. The summed E-state index contributed by atoms with van der Waals surface area (Å²) in [6.45, 7) is 7.10. The number of hydrogen-bond acceptors (Lipinski definition) is 6. The van der Waals surface area contributed by atoms with Crippen LogP contribution in [0, 0.1) is 19.8 Å². The summed E-state index contributed by atoms with van der Waals surface area (Å²) >= 11 is 0. The van der Waals surface area contributed by atoms with Gasteiger partial charge < -0.3 is 10.6 Å². The number of anilines is 2. The molecule has 10 heteroatoms. The molecule has 0 spiro atoms. The predicted octanol–water partition coefficient (Wildman–Crippen LogP) is 3.22. The number of carbonyl (C=O) groups is 2. The summed E-state index contributed by atoms with van der Waals surface area (Å²) in [5.41, 5.74) is 1.90. The third kappa shape index (κ3) is 7.35. The van der Waals surface area contributed by atoms with Gasteiger partial charge in [0.15, 0.2) is 0 Å². The molecule has 3 aromatic rings. The zero-order valence-electron chi connectivity index (χ0n) is 20.1. The molecular formula is C25H29N5O4S. The maximum atomic E-state index is 12.9. The minimum Gasteiger partial charge on any atom is -0.344 e. The summed E-state index contributed by atoms with van der Waals surface area (Å²) in [6, 6.07) is 15.8. The standard InChI is InChI=1S/C25H29N5O4S/c1-16(2)24(29-23(31)15-19-8-6-5-7-9-19)25(32)28-20-10-12-21(13-11-20)35(33,34)30-22-14-17(3)26-18(4)27-22/h5-14,16,24H,15H2,1-4H3,(H,28,32)(H,29,31)(H,26,27,30). The third-order valence-electron chi connectivity index (χ3n) is 5.11. The molecule has 1 aromatic heterocycles. The molecule has 2 aromatic carbocycles. The van der Waals surface area contributed by atoms with Crippen LogP contribution in [0.25, 0.3) is 0 Å². The van der Waals surface area contributed by atoms with Gasteiger partial charge in [0.2, 0.25) is 11.8 Å². The van der Waals surface area contributed by atoms with Crippen LogP contribution < -0.4 is 15.4 Å². The largest absolute Gasteiger partial charge is 0.344 e. The molecule has 0 aliphatic rings. The van der Waals surface area contributed by atoms with Crippen molar-refractivity contribution in [1.82, 2.24) is 15.3 Å². The Kier molecular flexibility index (Phi) is 8.18. The van der Waals surface area contributed by atoms with Gasteiger partial charge in [-0.25, -0.2) is 18.4 Å². The quantitative estimate of drug-likeness (QED) is 0.418. The number of carbonyl (C=O) groups excluding carboxylic acids is 2. The minimum atomic E-state index is -3.88. The molecule has 184 valence electrons. The Balaban J connectivity index is 1.65. The molecule has 1 atom stereocenters. The van der Waals surface area contributed by atoms with Gasteiger partial charge in [0, 0.05) is 17.4 Å². The second-order valence-corrected chi connectivity index (χ2v) is 10.2. The topological polar surface area (TPSA) is 130 Å². The Labute approximate surface area is 205 Å². The van der Waals surface area contributed by atoms with Gasteiger partial charge in [-0.05, 0) is 49.6 Å². The van der Waals surface area contributed by atoms with Crippen molar-refractivity contribution < 1.29 is 18.0 Å². The highest BCUT2D eigenvalue weighted by molar-refractivity contribution is 7.92. The number of nitrogens with one attached hydrogen (secondary N) is 3. The van der Waals surface area contributed by atoms with Gasteiger partial charge >= 0.3 is 0 Å². The van der Waals surface area contributed by atoms with Crippen LogP contribution in [0.15, 0.2) is 65.6 Å². The van der Waals surface area contributed by atoms with Crippen LogP contribution in [0.1, 0.15) is 30.9 Å². The van der Waals surface area contributed by atoms with Gasteiger partial charge in [-0.2, -0.15) is 0 Å². The maximum absolute atomic E-state index is 12.9. The van der Waals surface area contributed by atoms with Crippen LogP contribution in [0.3, 0.4) is 0 Å². The highest BCUT2D eigenvalue weighted by Crippen LogP contribution is 2.18. The van der Waals surface area contributed by atoms with Crippen molar-refractivity contribution in [3.63, 3.8) is 0 Å². The van der Waals surface area contributed by atoms with E-state index in [0.29, 0.717) is 17.2 Å². The molecule has 1 unspecified atom stereocenters. The summed E-state index contributed by atoms with van der Waals surface area (Å²) in [6.07, 6.45) is 0.169. The van der Waals surface area contributed by atoms with E-state index in [9.17, 15) is 18.0 Å². The lowest BCUT2D eigenvalue weighted by Crippen LogP contribution is -2.47. The molecule has 9 nitrogen and oxygen atoms in total. The van der Waals surface area contributed by atoms with Gasteiger partial charge in [0.05, 0.1) is 11.3 Å². The first-order valence-electron chi connectivity index (χ1n) is 11.1. The molecule has 35 heavy (non-hydrogen) atoms. The predicted molar refractivity (Wildman–Crippen MR) is 134 cm³/mol. The van der Waals surface area contributed by atoms with E-state index >= 15 is 0 Å². The van der Waals surface area contributed by atoms with Crippen molar-refractivity contribution in [3.8, 4) is 0 Å². The zero-order chi connectivity index (χ0) is 25.6. The lowest BCUT2D eigenvalue weighted by Gasteiger charge is -2.22. The molecule has 2 amide bonds. The van der Waals surface area contributed by atoms with Crippen LogP contribution in [-0.2, 0) is 26.0 Å². The fourth-order valence-electron chi connectivity index (χ4n) is 3.44. The van der Waals surface area contributed by atoms with Gasteiger partial charge in [0.25, 0.3) is 10.0 Å². The van der Waals surface area contributed by atoms with E-state index in [-0.39, 0.29) is 34.9 Å². The summed E-state index contributed by atoms with van der Waals surface area (Å²) in [5.74, 6) is -0.164. The second kappa shape index (κ2) is 11.1. The summed E-state index contributed by atoms with van der Waals surface area (Å²) in [5, 5.41) is 5.53. The third-order valence-corrected chi connectivity index (χ3v) is 6.48.